The number of rotatable bonds is 2. The Balaban J connectivity index is 2.22. The van der Waals surface area contributed by atoms with Crippen LogP contribution in [0.2, 0.25) is 0 Å². The van der Waals surface area contributed by atoms with Crippen molar-refractivity contribution < 1.29 is 9.13 Å². The monoisotopic (exact) mass is 320 g/mol. The Morgan fingerprint density at radius 3 is 3.07 bits per heavy atom. The van der Waals surface area contributed by atoms with Crippen LogP contribution >= 0.6 is 22.6 Å². The highest BCUT2D eigenvalue weighted by Crippen LogP contribution is 2.31. The van der Waals surface area contributed by atoms with Crippen LogP contribution in [0.25, 0.3) is 0 Å². The van der Waals surface area contributed by atoms with Gasteiger partial charge in [0.15, 0.2) is 0 Å². The van der Waals surface area contributed by atoms with Crippen molar-refractivity contribution in [3.8, 4) is 5.75 Å². The zero-order valence-corrected chi connectivity index (χ0v) is 10.9. The van der Waals surface area contributed by atoms with Gasteiger partial charge in [0.2, 0.25) is 0 Å². The van der Waals surface area contributed by atoms with Crippen LogP contribution in [-0.4, -0.2) is 6.61 Å². The molecule has 1 aliphatic heterocycles. The molecule has 1 aliphatic rings. The molecule has 15 heavy (non-hydrogen) atoms. The van der Waals surface area contributed by atoms with E-state index in [9.17, 15) is 4.39 Å². The minimum atomic E-state index is -0.130. The summed E-state index contributed by atoms with van der Waals surface area (Å²) in [7, 11) is 0. The van der Waals surface area contributed by atoms with Crippen molar-refractivity contribution in [2.24, 2.45) is 5.92 Å². The van der Waals surface area contributed by atoms with Crippen molar-refractivity contribution in [2.75, 3.05) is 6.61 Å². The number of ether oxygens (including phenoxy) is 1. The summed E-state index contributed by atoms with van der Waals surface area (Å²) in [4.78, 5) is 0. The van der Waals surface area contributed by atoms with Gasteiger partial charge in [-0.05, 0) is 59.0 Å². The molecule has 1 heterocycles. The van der Waals surface area contributed by atoms with E-state index in [0.29, 0.717) is 9.49 Å². The third-order valence-electron chi connectivity index (χ3n) is 2.78. The van der Waals surface area contributed by atoms with Crippen LogP contribution in [-0.2, 0) is 6.42 Å². The Hall–Kier alpha value is -0.320. The fraction of sp³-hybridized carbons (Fsp3) is 0.500. The first-order valence-corrected chi connectivity index (χ1v) is 6.39. The van der Waals surface area contributed by atoms with Crippen molar-refractivity contribution in [3.05, 3.63) is 27.1 Å². The third kappa shape index (κ3) is 2.44. The molecule has 0 spiro atoms. The molecular formula is C12H14FIO. The van der Waals surface area contributed by atoms with Gasteiger partial charge in [0.1, 0.15) is 11.6 Å². The van der Waals surface area contributed by atoms with Crippen molar-refractivity contribution in [3.63, 3.8) is 0 Å². The highest BCUT2D eigenvalue weighted by molar-refractivity contribution is 14.1. The van der Waals surface area contributed by atoms with Crippen LogP contribution in [0, 0.1) is 15.3 Å². The van der Waals surface area contributed by atoms with Crippen molar-refractivity contribution in [1.29, 1.82) is 0 Å². The Labute approximate surface area is 103 Å². The average Bonchev–Trinajstić information content (AvgIpc) is 2.21. The lowest BCUT2D eigenvalue weighted by Gasteiger charge is -2.25. The summed E-state index contributed by atoms with van der Waals surface area (Å²) in [5, 5.41) is 0. The second kappa shape index (κ2) is 4.68. The van der Waals surface area contributed by atoms with E-state index in [0.717, 1.165) is 37.2 Å². The molecule has 1 aromatic rings. The predicted octanol–water partition coefficient (Wildman–Crippen LogP) is 3.78. The summed E-state index contributed by atoms with van der Waals surface area (Å²) < 4.78 is 19.6. The van der Waals surface area contributed by atoms with Gasteiger partial charge in [-0.15, -0.1) is 0 Å². The number of halogens is 2. The molecule has 1 aromatic carbocycles. The second-order valence-electron chi connectivity index (χ2n) is 4.04. The predicted molar refractivity (Wildman–Crippen MR) is 66.7 cm³/mol. The van der Waals surface area contributed by atoms with Gasteiger partial charge in [-0.25, -0.2) is 4.39 Å². The smallest absolute Gasteiger partial charge is 0.137 e. The van der Waals surface area contributed by atoms with E-state index in [-0.39, 0.29) is 5.82 Å². The van der Waals surface area contributed by atoms with E-state index in [1.165, 1.54) is 0 Å². The average molecular weight is 320 g/mol. The molecular weight excluding hydrogens is 306 g/mol. The number of fused-ring (bicyclic) bond motifs is 1. The molecule has 0 aromatic heterocycles. The zero-order chi connectivity index (χ0) is 10.8. The molecule has 0 N–H and O–H groups in total. The lowest BCUT2D eigenvalue weighted by atomic mass is 9.93. The number of hydrogen-bond donors (Lipinski definition) is 0. The molecule has 1 atom stereocenters. The lowest BCUT2D eigenvalue weighted by Crippen LogP contribution is -2.21. The normalized spacial score (nSPS) is 19.5. The Morgan fingerprint density at radius 1 is 1.53 bits per heavy atom. The van der Waals surface area contributed by atoms with Crippen LogP contribution in [0.15, 0.2) is 12.1 Å². The summed E-state index contributed by atoms with van der Waals surface area (Å²) in [6.45, 7) is 2.95. The fourth-order valence-electron chi connectivity index (χ4n) is 2.03. The maximum absolute atomic E-state index is 13.4. The highest BCUT2D eigenvalue weighted by atomic mass is 127. The molecule has 0 saturated heterocycles. The van der Waals surface area contributed by atoms with E-state index in [2.05, 4.69) is 6.92 Å². The van der Waals surface area contributed by atoms with E-state index < -0.39 is 0 Å². The molecule has 82 valence electrons. The minimum absolute atomic E-state index is 0.130. The van der Waals surface area contributed by atoms with E-state index in [1.807, 2.05) is 22.6 Å². The van der Waals surface area contributed by atoms with Crippen molar-refractivity contribution in [2.45, 2.75) is 26.2 Å². The first kappa shape index (κ1) is 11.2. The van der Waals surface area contributed by atoms with Crippen LogP contribution in [0.4, 0.5) is 4.39 Å². The summed E-state index contributed by atoms with van der Waals surface area (Å²) in [6.07, 6.45) is 3.28. The minimum Gasteiger partial charge on any atom is -0.493 e. The molecule has 0 bridgehead atoms. The van der Waals surface area contributed by atoms with Gasteiger partial charge in [0.05, 0.1) is 10.2 Å². The summed E-state index contributed by atoms with van der Waals surface area (Å²) >= 11 is 2.00. The van der Waals surface area contributed by atoms with Crippen LogP contribution in [0.3, 0.4) is 0 Å². The zero-order valence-electron chi connectivity index (χ0n) is 8.72. The summed E-state index contributed by atoms with van der Waals surface area (Å²) in [6, 6.07) is 3.42. The fourth-order valence-corrected chi connectivity index (χ4v) is 2.47. The molecule has 0 amide bonds. The van der Waals surface area contributed by atoms with Gasteiger partial charge in [-0.3, -0.25) is 0 Å². The van der Waals surface area contributed by atoms with E-state index in [1.54, 1.807) is 12.1 Å². The van der Waals surface area contributed by atoms with Crippen molar-refractivity contribution >= 4 is 22.6 Å². The SMILES string of the molecule is CCCC1COc2cc(I)c(F)cc2C1. The second-order valence-corrected chi connectivity index (χ2v) is 5.21. The highest BCUT2D eigenvalue weighted by Gasteiger charge is 2.20. The molecule has 0 radical (unpaired) electrons. The standard InChI is InChI=1S/C12H14FIO/c1-2-3-8-4-9-5-10(13)11(14)6-12(9)15-7-8/h5-6,8H,2-4,7H2,1H3. The van der Waals surface area contributed by atoms with Crippen LogP contribution in [0.5, 0.6) is 5.75 Å². The number of benzene rings is 1. The van der Waals surface area contributed by atoms with Gasteiger partial charge in [0, 0.05) is 0 Å². The summed E-state index contributed by atoms with van der Waals surface area (Å²) in [5.41, 5.74) is 1.03. The summed E-state index contributed by atoms with van der Waals surface area (Å²) in [5.74, 6) is 1.30. The first-order chi connectivity index (χ1) is 7.20. The molecule has 0 saturated carbocycles. The maximum Gasteiger partial charge on any atom is 0.137 e. The van der Waals surface area contributed by atoms with Crippen LogP contribution in [0.1, 0.15) is 25.3 Å². The number of hydrogen-bond acceptors (Lipinski definition) is 1. The molecule has 0 aliphatic carbocycles. The largest absolute Gasteiger partial charge is 0.493 e. The maximum atomic E-state index is 13.4. The van der Waals surface area contributed by atoms with E-state index >= 15 is 0 Å². The van der Waals surface area contributed by atoms with Gasteiger partial charge < -0.3 is 4.74 Å². The van der Waals surface area contributed by atoms with Gasteiger partial charge in [-0.1, -0.05) is 13.3 Å². The lowest BCUT2D eigenvalue weighted by molar-refractivity contribution is 0.212. The Kier molecular flexibility index (Phi) is 3.49. The van der Waals surface area contributed by atoms with Gasteiger partial charge in [0.25, 0.3) is 0 Å². The molecule has 0 fully saturated rings. The molecule has 3 heteroatoms. The molecule has 1 nitrogen and oxygen atoms in total. The van der Waals surface area contributed by atoms with Crippen LogP contribution < -0.4 is 4.74 Å². The Bertz CT molecular complexity index is 365. The third-order valence-corrected chi connectivity index (χ3v) is 3.61. The first-order valence-electron chi connectivity index (χ1n) is 5.31. The van der Waals surface area contributed by atoms with Crippen molar-refractivity contribution in [1.82, 2.24) is 0 Å². The van der Waals surface area contributed by atoms with E-state index in [4.69, 9.17) is 4.74 Å². The quantitative estimate of drug-likeness (QED) is 0.754. The molecule has 2 rings (SSSR count). The van der Waals surface area contributed by atoms with Gasteiger partial charge in [-0.2, -0.15) is 0 Å². The topological polar surface area (TPSA) is 9.23 Å². The molecule has 1 unspecified atom stereocenters. The Morgan fingerprint density at radius 2 is 2.33 bits per heavy atom. The van der Waals surface area contributed by atoms with Gasteiger partial charge >= 0.3 is 0 Å².